The topological polar surface area (TPSA) is 62.6 Å². The Balaban J connectivity index is 2.23. The van der Waals surface area contributed by atoms with Crippen LogP contribution >= 0.6 is 0 Å². The number of hydrogen-bond acceptors (Lipinski definition) is 4. The second-order valence-corrected chi connectivity index (χ2v) is 4.20. The van der Waals surface area contributed by atoms with Crippen LogP contribution in [0.2, 0.25) is 0 Å². The van der Waals surface area contributed by atoms with Crippen molar-refractivity contribution in [3.63, 3.8) is 0 Å². The van der Waals surface area contributed by atoms with Crippen LogP contribution in [0, 0.1) is 11.3 Å². The van der Waals surface area contributed by atoms with Gasteiger partial charge in [0.15, 0.2) is 0 Å². The van der Waals surface area contributed by atoms with E-state index in [-0.39, 0.29) is 25.0 Å². The van der Waals surface area contributed by atoms with Crippen LogP contribution in [0.4, 0.5) is 5.69 Å². The fourth-order valence-electron chi connectivity index (χ4n) is 2.04. The molecule has 0 radical (unpaired) electrons. The summed E-state index contributed by atoms with van der Waals surface area (Å²) in [7, 11) is 0. The normalized spacial score (nSPS) is 19.1. The fraction of sp³-hybridized carbons (Fsp3) is 0.429. The van der Waals surface area contributed by atoms with Crippen LogP contribution in [-0.4, -0.2) is 31.8 Å². The highest BCUT2D eigenvalue weighted by molar-refractivity contribution is 5.96. The van der Waals surface area contributed by atoms with Crippen molar-refractivity contribution in [1.82, 2.24) is 0 Å². The van der Waals surface area contributed by atoms with Gasteiger partial charge in [-0.15, -0.1) is 0 Å². The van der Waals surface area contributed by atoms with Crippen molar-refractivity contribution in [1.29, 1.82) is 5.26 Å². The first-order chi connectivity index (χ1) is 9.26. The fourth-order valence-corrected chi connectivity index (χ4v) is 2.04. The van der Waals surface area contributed by atoms with Crippen molar-refractivity contribution in [2.45, 2.75) is 19.4 Å². The Labute approximate surface area is 112 Å². The van der Waals surface area contributed by atoms with Crippen LogP contribution in [0.3, 0.4) is 0 Å². The smallest absolute Gasteiger partial charge is 0.253 e. The molecule has 1 amide bonds. The molecule has 1 atom stereocenters. The highest BCUT2D eigenvalue weighted by atomic mass is 16.5. The van der Waals surface area contributed by atoms with Gasteiger partial charge < -0.3 is 14.4 Å². The Morgan fingerprint density at radius 3 is 3.05 bits per heavy atom. The Kier molecular flexibility index (Phi) is 4.37. The van der Waals surface area contributed by atoms with Gasteiger partial charge in [-0.2, -0.15) is 5.26 Å². The van der Waals surface area contributed by atoms with Gasteiger partial charge in [0.05, 0.1) is 37.4 Å². The molecule has 1 aromatic rings. The number of morpholine rings is 1. The molecule has 0 saturated carbocycles. The highest BCUT2D eigenvalue weighted by Crippen LogP contribution is 2.30. The summed E-state index contributed by atoms with van der Waals surface area (Å²) in [6, 6.07) is 9.48. The highest BCUT2D eigenvalue weighted by Gasteiger charge is 2.28. The predicted octanol–water partition coefficient (Wildman–Crippen LogP) is 1.73. The summed E-state index contributed by atoms with van der Waals surface area (Å²) < 4.78 is 10.9. The second-order valence-electron chi connectivity index (χ2n) is 4.20. The van der Waals surface area contributed by atoms with E-state index in [0.29, 0.717) is 18.9 Å². The van der Waals surface area contributed by atoms with Crippen LogP contribution in [0.5, 0.6) is 5.75 Å². The third kappa shape index (κ3) is 3.04. The van der Waals surface area contributed by atoms with E-state index in [9.17, 15) is 4.79 Å². The van der Waals surface area contributed by atoms with Gasteiger partial charge in [0, 0.05) is 0 Å². The molecule has 5 heteroatoms. The Bertz CT molecular complexity index is 496. The first kappa shape index (κ1) is 13.4. The molecule has 1 aliphatic rings. The number of hydrogen-bond donors (Lipinski definition) is 0. The first-order valence-corrected chi connectivity index (χ1v) is 6.27. The van der Waals surface area contributed by atoms with Crippen LogP contribution in [-0.2, 0) is 9.53 Å². The molecule has 0 N–H and O–H groups in total. The minimum absolute atomic E-state index is 0.00675. The maximum absolute atomic E-state index is 12.0. The summed E-state index contributed by atoms with van der Waals surface area (Å²) in [5, 5.41) is 8.72. The Hall–Kier alpha value is -2.06. The average molecular weight is 260 g/mol. The molecule has 1 fully saturated rings. The zero-order valence-corrected chi connectivity index (χ0v) is 10.8. The number of para-hydroxylation sites is 2. The van der Waals surface area contributed by atoms with E-state index in [1.54, 1.807) is 4.90 Å². The number of anilines is 1. The lowest BCUT2D eigenvalue weighted by Gasteiger charge is -2.32. The van der Waals surface area contributed by atoms with E-state index in [1.807, 2.05) is 31.2 Å². The van der Waals surface area contributed by atoms with E-state index >= 15 is 0 Å². The minimum Gasteiger partial charge on any atom is -0.492 e. The van der Waals surface area contributed by atoms with Crippen LogP contribution < -0.4 is 9.64 Å². The molecule has 1 saturated heterocycles. The molecule has 0 spiro atoms. The molecule has 1 unspecified atom stereocenters. The Morgan fingerprint density at radius 1 is 1.53 bits per heavy atom. The number of rotatable bonds is 4. The number of nitriles is 1. The van der Waals surface area contributed by atoms with Crippen molar-refractivity contribution >= 4 is 11.6 Å². The quantitative estimate of drug-likeness (QED) is 0.827. The predicted molar refractivity (Wildman–Crippen MR) is 69.9 cm³/mol. The molecule has 0 aliphatic carbocycles. The van der Waals surface area contributed by atoms with Gasteiger partial charge in [0.25, 0.3) is 5.91 Å². The molecular weight excluding hydrogens is 244 g/mol. The van der Waals surface area contributed by atoms with Gasteiger partial charge in [-0.1, -0.05) is 12.1 Å². The number of amides is 1. The van der Waals surface area contributed by atoms with Gasteiger partial charge >= 0.3 is 0 Å². The standard InChI is InChI=1S/C14H16N2O3/c1-2-18-13-6-4-3-5-12(13)16-9-11(7-8-15)19-10-14(16)17/h3-6,11H,2,7,9-10H2,1H3. The molecule has 0 bridgehead atoms. The van der Waals surface area contributed by atoms with Gasteiger partial charge in [-0.05, 0) is 19.1 Å². The third-order valence-electron chi connectivity index (χ3n) is 2.90. The van der Waals surface area contributed by atoms with Crippen molar-refractivity contribution in [3.8, 4) is 11.8 Å². The molecule has 1 aromatic carbocycles. The maximum Gasteiger partial charge on any atom is 0.253 e. The van der Waals surface area contributed by atoms with Gasteiger partial charge in [-0.25, -0.2) is 0 Å². The van der Waals surface area contributed by atoms with Crippen molar-refractivity contribution < 1.29 is 14.3 Å². The van der Waals surface area contributed by atoms with Crippen LogP contribution in [0.15, 0.2) is 24.3 Å². The van der Waals surface area contributed by atoms with E-state index in [2.05, 4.69) is 6.07 Å². The molecule has 5 nitrogen and oxygen atoms in total. The monoisotopic (exact) mass is 260 g/mol. The average Bonchev–Trinajstić information content (AvgIpc) is 2.42. The molecule has 1 aliphatic heterocycles. The summed E-state index contributed by atoms with van der Waals surface area (Å²) in [6.07, 6.45) is 0.0398. The maximum atomic E-state index is 12.0. The number of carbonyl (C=O) groups excluding carboxylic acids is 1. The summed E-state index contributed by atoms with van der Waals surface area (Å²) in [4.78, 5) is 13.6. The number of carbonyl (C=O) groups is 1. The summed E-state index contributed by atoms with van der Waals surface area (Å²) in [5.41, 5.74) is 0.737. The number of benzene rings is 1. The SMILES string of the molecule is CCOc1ccccc1N1CC(CC#N)OCC1=O. The Morgan fingerprint density at radius 2 is 2.32 bits per heavy atom. The van der Waals surface area contributed by atoms with E-state index in [0.717, 1.165) is 5.69 Å². The molecular formula is C14H16N2O3. The van der Waals surface area contributed by atoms with Crippen molar-refractivity contribution in [2.24, 2.45) is 0 Å². The zero-order valence-electron chi connectivity index (χ0n) is 10.8. The zero-order chi connectivity index (χ0) is 13.7. The van der Waals surface area contributed by atoms with Gasteiger partial charge in [0.2, 0.25) is 0 Å². The second kappa shape index (κ2) is 6.21. The molecule has 100 valence electrons. The van der Waals surface area contributed by atoms with E-state index in [1.165, 1.54) is 0 Å². The van der Waals surface area contributed by atoms with E-state index < -0.39 is 0 Å². The molecule has 1 heterocycles. The first-order valence-electron chi connectivity index (χ1n) is 6.27. The van der Waals surface area contributed by atoms with Gasteiger partial charge in [0.1, 0.15) is 12.4 Å². The van der Waals surface area contributed by atoms with Crippen LogP contribution in [0.1, 0.15) is 13.3 Å². The van der Waals surface area contributed by atoms with Crippen molar-refractivity contribution in [2.75, 3.05) is 24.7 Å². The number of ether oxygens (including phenoxy) is 2. The molecule has 0 aromatic heterocycles. The lowest BCUT2D eigenvalue weighted by Crippen LogP contribution is -2.46. The summed E-state index contributed by atoms with van der Waals surface area (Å²) >= 11 is 0. The van der Waals surface area contributed by atoms with E-state index in [4.69, 9.17) is 14.7 Å². The largest absolute Gasteiger partial charge is 0.492 e. The number of nitrogens with zero attached hydrogens (tertiary/aromatic N) is 2. The molecule has 19 heavy (non-hydrogen) atoms. The minimum atomic E-state index is -0.239. The molecule has 2 rings (SSSR count). The summed E-state index contributed by atoms with van der Waals surface area (Å²) in [6.45, 7) is 2.83. The van der Waals surface area contributed by atoms with Gasteiger partial charge in [-0.3, -0.25) is 4.79 Å². The van der Waals surface area contributed by atoms with Crippen molar-refractivity contribution in [3.05, 3.63) is 24.3 Å². The lowest BCUT2D eigenvalue weighted by molar-refractivity contribution is -0.129. The van der Waals surface area contributed by atoms with Crippen LogP contribution in [0.25, 0.3) is 0 Å². The summed E-state index contributed by atoms with van der Waals surface area (Å²) in [5.74, 6) is 0.567. The third-order valence-corrected chi connectivity index (χ3v) is 2.90. The lowest BCUT2D eigenvalue weighted by atomic mass is 10.2.